The number of hydrogen-bond acceptors (Lipinski definition) is 6. The first-order valence-electron chi connectivity index (χ1n) is 18.7. The molecule has 0 aromatic rings. The number of allylic oxidation sites excluding steroid dienone is 6. The van der Waals surface area contributed by atoms with E-state index in [-0.39, 0.29) is 24.5 Å². The van der Waals surface area contributed by atoms with Crippen molar-refractivity contribution in [2.75, 3.05) is 6.61 Å². The molecule has 0 unspecified atom stereocenters. The molecule has 4 rings (SSSR count). The highest BCUT2D eigenvalue weighted by Crippen LogP contribution is 2.70. The molecule has 3 fully saturated rings. The highest BCUT2D eigenvalue weighted by molar-refractivity contribution is 6.01. The smallest absolute Gasteiger partial charge is 0.306 e. The van der Waals surface area contributed by atoms with Crippen molar-refractivity contribution in [2.24, 2.45) is 28.6 Å². The van der Waals surface area contributed by atoms with Crippen molar-refractivity contribution in [2.45, 2.75) is 161 Å². The lowest BCUT2D eigenvalue weighted by Crippen LogP contribution is -2.69. The van der Waals surface area contributed by atoms with Crippen LogP contribution in [0.25, 0.3) is 0 Å². The molecule has 0 aromatic carbocycles. The number of ketones is 2. The summed E-state index contributed by atoms with van der Waals surface area (Å²) in [7, 11) is 0. The summed E-state index contributed by atoms with van der Waals surface area (Å²) in [5.41, 5.74) is -5.38. The fourth-order valence-corrected chi connectivity index (χ4v) is 9.81. The normalized spacial score (nSPS) is 36.1. The van der Waals surface area contributed by atoms with Gasteiger partial charge in [0.1, 0.15) is 5.60 Å². The summed E-state index contributed by atoms with van der Waals surface area (Å²) >= 11 is 0. The number of esters is 1. The number of fused-ring (bicyclic) bond motifs is 5. The van der Waals surface area contributed by atoms with Crippen LogP contribution in [0.15, 0.2) is 36.0 Å². The van der Waals surface area contributed by atoms with Gasteiger partial charge in [-0.25, -0.2) is 4.39 Å². The maximum absolute atomic E-state index is 17.3. The zero-order chi connectivity index (χ0) is 34.3. The molecule has 0 bridgehead atoms. The molecule has 3 saturated carbocycles. The van der Waals surface area contributed by atoms with Gasteiger partial charge in [0.2, 0.25) is 5.78 Å². The third kappa shape index (κ3) is 7.41. The second-order valence-electron chi connectivity index (χ2n) is 15.6. The fourth-order valence-electron chi connectivity index (χ4n) is 9.81. The van der Waals surface area contributed by atoms with Crippen LogP contribution in [0.5, 0.6) is 0 Å². The first-order chi connectivity index (χ1) is 22.4. The zero-order valence-corrected chi connectivity index (χ0v) is 29.5. The van der Waals surface area contributed by atoms with Gasteiger partial charge in [-0.1, -0.05) is 95.9 Å². The van der Waals surface area contributed by atoms with Gasteiger partial charge in [-0.2, -0.15) is 0 Å². The highest BCUT2D eigenvalue weighted by Gasteiger charge is 2.75. The lowest BCUT2D eigenvalue weighted by atomic mass is 9.44. The van der Waals surface area contributed by atoms with E-state index in [0.717, 1.165) is 32.1 Å². The predicted molar refractivity (Wildman–Crippen MR) is 183 cm³/mol. The van der Waals surface area contributed by atoms with Crippen LogP contribution >= 0.6 is 0 Å². The highest BCUT2D eigenvalue weighted by atomic mass is 19.1. The molecule has 0 aromatic heterocycles. The third-order valence-corrected chi connectivity index (χ3v) is 12.7. The molecule has 7 heteroatoms. The number of Topliss-reactive ketones (excluding diaryl/α,β-unsaturated/α-hetero) is 1. The van der Waals surface area contributed by atoms with Gasteiger partial charge in [-0.05, 0) is 88.7 Å². The molecule has 47 heavy (non-hydrogen) atoms. The number of halogens is 1. The quantitative estimate of drug-likeness (QED) is 0.0872. The van der Waals surface area contributed by atoms with Crippen molar-refractivity contribution in [3.63, 3.8) is 0 Å². The Kier molecular flexibility index (Phi) is 12.9. The molecule has 0 aliphatic heterocycles. The van der Waals surface area contributed by atoms with E-state index in [1.807, 2.05) is 0 Å². The number of hydrogen-bond donors (Lipinski definition) is 2. The fraction of sp³-hybridized carbons (Fsp3) is 0.775. The minimum Gasteiger partial charge on any atom is -0.458 e. The van der Waals surface area contributed by atoms with Gasteiger partial charge in [0.25, 0.3) is 0 Å². The molecule has 0 radical (unpaired) electrons. The summed E-state index contributed by atoms with van der Waals surface area (Å²) in [5.74, 6) is -2.62. The molecular weight excluding hydrogens is 595 g/mol. The molecule has 6 nitrogen and oxygen atoms in total. The lowest BCUT2D eigenvalue weighted by molar-refractivity contribution is -0.220. The Bertz CT molecular complexity index is 1210. The Balaban J connectivity index is 1.20. The SMILES string of the molecule is CCCCCCCC/C=C/CCCCCCCC(=O)OCC(=O)[C@@]1(O)[C@@H](C)C[C@H]2[C@@H]3CCC4=CC(=O)C=C[C@]4(C)[C@@]3(F)[C@@H](O)C[C@@]21C. The van der Waals surface area contributed by atoms with Crippen molar-refractivity contribution in [3.8, 4) is 0 Å². The van der Waals surface area contributed by atoms with Gasteiger partial charge in [0, 0.05) is 23.2 Å². The lowest BCUT2D eigenvalue weighted by Gasteiger charge is -2.62. The van der Waals surface area contributed by atoms with Gasteiger partial charge < -0.3 is 14.9 Å². The second kappa shape index (κ2) is 16.1. The van der Waals surface area contributed by atoms with E-state index in [1.54, 1.807) is 26.8 Å². The van der Waals surface area contributed by atoms with Gasteiger partial charge >= 0.3 is 5.97 Å². The number of ether oxygens (including phenoxy) is 1. The van der Waals surface area contributed by atoms with Crippen LogP contribution in [0.3, 0.4) is 0 Å². The number of carbonyl (C=O) groups is 3. The Morgan fingerprint density at radius 2 is 1.60 bits per heavy atom. The van der Waals surface area contributed by atoms with Crippen LogP contribution in [0.1, 0.15) is 143 Å². The average Bonchev–Trinajstić information content (AvgIpc) is 3.24. The number of alkyl halides is 1. The van der Waals surface area contributed by atoms with Gasteiger partial charge in [0.15, 0.2) is 18.1 Å². The molecule has 2 N–H and O–H groups in total. The summed E-state index contributed by atoms with van der Waals surface area (Å²) in [6.07, 6.45) is 24.4. The van der Waals surface area contributed by atoms with E-state index in [9.17, 15) is 24.6 Å². The number of unbranched alkanes of at least 4 members (excludes halogenated alkanes) is 11. The summed E-state index contributed by atoms with van der Waals surface area (Å²) in [6, 6.07) is 0. The monoisotopic (exact) mass is 656 g/mol. The van der Waals surface area contributed by atoms with Crippen LogP contribution in [0.4, 0.5) is 4.39 Å². The Hall–Kier alpha value is -2.12. The summed E-state index contributed by atoms with van der Waals surface area (Å²) in [6.45, 7) is 7.07. The second-order valence-corrected chi connectivity index (χ2v) is 15.6. The maximum atomic E-state index is 17.3. The van der Waals surface area contributed by atoms with Gasteiger partial charge in [-0.3, -0.25) is 14.4 Å². The van der Waals surface area contributed by atoms with Crippen LogP contribution in [0.2, 0.25) is 0 Å². The molecule has 8 atom stereocenters. The first kappa shape index (κ1) is 37.7. The minimum atomic E-state index is -2.02. The van der Waals surface area contributed by atoms with Gasteiger partial charge in [-0.15, -0.1) is 0 Å². The molecular formula is C40H61FO6. The van der Waals surface area contributed by atoms with Crippen LogP contribution in [0, 0.1) is 28.6 Å². The summed E-state index contributed by atoms with van der Waals surface area (Å²) in [5, 5.41) is 23.6. The van der Waals surface area contributed by atoms with Crippen molar-refractivity contribution < 1.29 is 33.7 Å². The average molecular weight is 657 g/mol. The van der Waals surface area contributed by atoms with E-state index in [2.05, 4.69) is 19.1 Å². The van der Waals surface area contributed by atoms with Crippen LogP contribution in [-0.4, -0.2) is 51.7 Å². The molecule has 264 valence electrons. The maximum Gasteiger partial charge on any atom is 0.306 e. The number of aliphatic hydroxyl groups is 2. The van der Waals surface area contributed by atoms with E-state index < -0.39 is 58.4 Å². The number of aliphatic hydroxyl groups excluding tert-OH is 1. The van der Waals surface area contributed by atoms with E-state index in [0.29, 0.717) is 31.3 Å². The molecule has 0 saturated heterocycles. The Labute approximate surface area is 282 Å². The first-order valence-corrected chi connectivity index (χ1v) is 18.7. The number of carbonyl (C=O) groups excluding carboxylic acids is 3. The standard InChI is InChI=1S/C40H61FO6/c1-5-6-7-8-9-10-11-12-13-14-15-16-17-18-19-20-36(45)47-28-35(44)40(46)29(2)25-33-32-22-21-30-26-31(42)23-24-37(30,3)39(32,41)34(43)27-38(33,40)4/h12-13,23-24,26,29,32-34,43,46H,5-11,14-22,25,27-28H2,1-4H3/b13-12+/t29-,32-,33-,34-,37-,38-,39-,40-/m0/s1. The molecule has 4 aliphatic carbocycles. The van der Waals surface area contributed by atoms with Crippen molar-refractivity contribution in [1.82, 2.24) is 0 Å². The minimum absolute atomic E-state index is 0.0925. The van der Waals surface area contributed by atoms with Crippen molar-refractivity contribution in [3.05, 3.63) is 36.0 Å². The van der Waals surface area contributed by atoms with E-state index in [4.69, 9.17) is 4.74 Å². The molecule has 0 spiro atoms. The van der Waals surface area contributed by atoms with Gasteiger partial charge in [0.05, 0.1) is 6.10 Å². The van der Waals surface area contributed by atoms with E-state index >= 15 is 4.39 Å². The van der Waals surface area contributed by atoms with Crippen molar-refractivity contribution in [1.29, 1.82) is 0 Å². The Morgan fingerprint density at radius 3 is 2.26 bits per heavy atom. The number of rotatable bonds is 18. The summed E-state index contributed by atoms with van der Waals surface area (Å²) < 4.78 is 22.7. The van der Waals surface area contributed by atoms with Crippen LogP contribution in [-0.2, 0) is 19.1 Å². The van der Waals surface area contributed by atoms with E-state index in [1.165, 1.54) is 57.1 Å². The topological polar surface area (TPSA) is 101 Å². The van der Waals surface area contributed by atoms with Crippen molar-refractivity contribution >= 4 is 17.5 Å². The third-order valence-electron chi connectivity index (χ3n) is 12.7. The molecule has 0 heterocycles. The zero-order valence-electron chi connectivity index (χ0n) is 29.5. The predicted octanol–water partition coefficient (Wildman–Crippen LogP) is 8.48. The molecule has 0 amide bonds. The summed E-state index contributed by atoms with van der Waals surface area (Å²) in [4.78, 5) is 38.3. The Morgan fingerprint density at radius 1 is 0.979 bits per heavy atom. The largest absolute Gasteiger partial charge is 0.458 e. The molecule has 4 aliphatic rings. The van der Waals surface area contributed by atoms with Crippen LogP contribution < -0.4 is 0 Å².